The second-order valence-electron chi connectivity index (χ2n) is 6.12. The molecule has 1 aliphatic rings. The fourth-order valence-electron chi connectivity index (χ4n) is 2.82. The molecule has 0 bridgehead atoms. The predicted octanol–water partition coefficient (Wildman–Crippen LogP) is 1.83. The van der Waals surface area contributed by atoms with Gasteiger partial charge in [0.05, 0.1) is 16.5 Å². The quantitative estimate of drug-likeness (QED) is 0.848. The number of rotatable bonds is 4. The van der Waals surface area contributed by atoms with Crippen molar-refractivity contribution >= 4 is 10.0 Å². The lowest BCUT2D eigenvalue weighted by Gasteiger charge is -2.31. The minimum absolute atomic E-state index is 0.238. The Kier molecular flexibility index (Phi) is 5.22. The fraction of sp³-hybridized carbons (Fsp3) is 0.562. The second kappa shape index (κ2) is 6.78. The van der Waals surface area contributed by atoms with E-state index in [0.717, 1.165) is 25.9 Å². The number of aryl methyl sites for hydroxylation is 1. The maximum absolute atomic E-state index is 12.8. The van der Waals surface area contributed by atoms with Crippen molar-refractivity contribution in [2.75, 3.05) is 33.7 Å². The number of nitriles is 1. The van der Waals surface area contributed by atoms with E-state index in [-0.39, 0.29) is 4.90 Å². The van der Waals surface area contributed by atoms with Crippen molar-refractivity contribution in [3.63, 3.8) is 0 Å². The van der Waals surface area contributed by atoms with E-state index in [4.69, 9.17) is 5.26 Å². The van der Waals surface area contributed by atoms with Gasteiger partial charge in [-0.05, 0) is 63.5 Å². The summed E-state index contributed by atoms with van der Waals surface area (Å²) in [6, 6.07) is 6.80. The van der Waals surface area contributed by atoms with Gasteiger partial charge in [0.1, 0.15) is 0 Å². The molecule has 6 heteroatoms. The number of hydrogen-bond acceptors (Lipinski definition) is 4. The lowest BCUT2D eigenvalue weighted by atomic mass is 9.97. The number of likely N-dealkylation sites (tertiary alicyclic amines) is 1. The van der Waals surface area contributed by atoms with Crippen LogP contribution in [-0.2, 0) is 10.0 Å². The summed E-state index contributed by atoms with van der Waals surface area (Å²) in [5.74, 6) is 0.399. The largest absolute Gasteiger partial charge is 0.306 e. The van der Waals surface area contributed by atoms with Crippen LogP contribution in [-0.4, -0.2) is 51.4 Å². The van der Waals surface area contributed by atoms with Gasteiger partial charge in [0.25, 0.3) is 0 Å². The van der Waals surface area contributed by atoms with Crippen molar-refractivity contribution in [3.05, 3.63) is 29.3 Å². The van der Waals surface area contributed by atoms with Crippen molar-refractivity contribution in [2.45, 2.75) is 24.7 Å². The van der Waals surface area contributed by atoms with Crippen LogP contribution in [0.25, 0.3) is 0 Å². The first kappa shape index (κ1) is 16.9. The van der Waals surface area contributed by atoms with Crippen LogP contribution in [0.3, 0.4) is 0 Å². The predicted molar refractivity (Wildman–Crippen MR) is 85.9 cm³/mol. The van der Waals surface area contributed by atoms with Gasteiger partial charge in [-0.15, -0.1) is 0 Å². The van der Waals surface area contributed by atoms with Crippen molar-refractivity contribution < 1.29 is 8.42 Å². The first-order valence-electron chi connectivity index (χ1n) is 7.50. The van der Waals surface area contributed by atoms with Crippen LogP contribution in [0.1, 0.15) is 24.0 Å². The Labute approximate surface area is 133 Å². The van der Waals surface area contributed by atoms with Crippen molar-refractivity contribution in [1.29, 1.82) is 5.26 Å². The number of nitrogens with zero attached hydrogens (tertiary/aromatic N) is 3. The molecule has 1 heterocycles. The molecule has 5 nitrogen and oxygen atoms in total. The van der Waals surface area contributed by atoms with Crippen LogP contribution in [0.2, 0.25) is 0 Å². The number of hydrogen-bond donors (Lipinski definition) is 0. The molecule has 0 spiro atoms. The van der Waals surface area contributed by atoms with Crippen LogP contribution in [0.5, 0.6) is 0 Å². The van der Waals surface area contributed by atoms with Gasteiger partial charge in [0.15, 0.2) is 0 Å². The maximum atomic E-state index is 12.8. The van der Waals surface area contributed by atoms with E-state index in [2.05, 4.69) is 11.9 Å². The number of sulfonamides is 1. The van der Waals surface area contributed by atoms with Crippen LogP contribution in [0.4, 0.5) is 0 Å². The zero-order valence-corrected chi connectivity index (χ0v) is 14.2. The molecule has 1 fully saturated rings. The highest BCUT2D eigenvalue weighted by Crippen LogP contribution is 2.23. The standard InChI is InChI=1S/C16H23N3O2S/c1-13-4-5-15(11-17)10-16(13)22(20,21)19(3)12-14-6-8-18(2)9-7-14/h4-5,10,14H,6-9,12H2,1-3H3. The summed E-state index contributed by atoms with van der Waals surface area (Å²) < 4.78 is 27.0. The molecule has 0 atom stereocenters. The Bertz CT molecular complexity index is 671. The van der Waals surface area contributed by atoms with Gasteiger partial charge in [-0.3, -0.25) is 0 Å². The van der Waals surface area contributed by atoms with Crippen LogP contribution >= 0.6 is 0 Å². The van der Waals surface area contributed by atoms with Crippen molar-refractivity contribution in [1.82, 2.24) is 9.21 Å². The molecule has 1 aromatic carbocycles. The van der Waals surface area contributed by atoms with Gasteiger partial charge in [0, 0.05) is 13.6 Å². The summed E-state index contributed by atoms with van der Waals surface area (Å²) in [5, 5.41) is 8.98. The molecular weight excluding hydrogens is 298 g/mol. The minimum atomic E-state index is -3.55. The van der Waals surface area contributed by atoms with Crippen LogP contribution in [0, 0.1) is 24.2 Å². The van der Waals surface area contributed by atoms with Gasteiger partial charge in [-0.25, -0.2) is 12.7 Å². The molecule has 1 saturated heterocycles. The van der Waals surface area contributed by atoms with Gasteiger partial charge in [-0.1, -0.05) is 6.07 Å². The zero-order chi connectivity index (χ0) is 16.3. The third-order valence-corrected chi connectivity index (χ3v) is 6.32. The Balaban J connectivity index is 2.17. The van der Waals surface area contributed by atoms with E-state index in [9.17, 15) is 8.42 Å². The van der Waals surface area contributed by atoms with Gasteiger partial charge >= 0.3 is 0 Å². The Morgan fingerprint density at radius 2 is 2.00 bits per heavy atom. The molecule has 2 rings (SSSR count). The summed E-state index contributed by atoms with van der Waals surface area (Å²) in [5.41, 5.74) is 1.05. The van der Waals surface area contributed by atoms with Gasteiger partial charge in [-0.2, -0.15) is 5.26 Å². The summed E-state index contributed by atoms with van der Waals surface area (Å²) in [6.07, 6.45) is 2.04. The molecule has 0 aliphatic carbocycles. The summed E-state index contributed by atoms with van der Waals surface area (Å²) in [7, 11) is 0.175. The third kappa shape index (κ3) is 3.67. The van der Waals surface area contributed by atoms with E-state index in [1.807, 2.05) is 6.07 Å². The Hall–Kier alpha value is -1.42. The van der Waals surface area contributed by atoms with Gasteiger partial charge < -0.3 is 4.90 Å². The molecule has 120 valence electrons. The average Bonchev–Trinajstić information content (AvgIpc) is 2.49. The SMILES string of the molecule is Cc1ccc(C#N)cc1S(=O)(=O)N(C)CC1CCN(C)CC1. The molecule has 0 aromatic heterocycles. The van der Waals surface area contributed by atoms with Crippen LogP contribution < -0.4 is 0 Å². The smallest absolute Gasteiger partial charge is 0.243 e. The third-order valence-electron chi connectivity index (χ3n) is 4.36. The first-order chi connectivity index (χ1) is 10.3. The van der Waals surface area contributed by atoms with Crippen molar-refractivity contribution in [2.24, 2.45) is 5.92 Å². The molecular formula is C16H23N3O2S. The second-order valence-corrected chi connectivity index (χ2v) is 8.14. The van der Waals surface area contributed by atoms with E-state index in [0.29, 0.717) is 23.6 Å². The average molecular weight is 321 g/mol. The molecule has 0 unspecified atom stereocenters. The highest BCUT2D eigenvalue weighted by Gasteiger charge is 2.27. The topological polar surface area (TPSA) is 64.4 Å². The zero-order valence-electron chi connectivity index (χ0n) is 13.4. The maximum Gasteiger partial charge on any atom is 0.243 e. The lowest BCUT2D eigenvalue weighted by molar-refractivity contribution is 0.202. The van der Waals surface area contributed by atoms with Crippen LogP contribution in [0.15, 0.2) is 23.1 Å². The van der Waals surface area contributed by atoms with E-state index < -0.39 is 10.0 Å². The van der Waals surface area contributed by atoms with E-state index in [1.54, 1.807) is 26.1 Å². The van der Waals surface area contributed by atoms with Gasteiger partial charge in [0.2, 0.25) is 10.0 Å². The molecule has 0 saturated carbocycles. The number of benzene rings is 1. The Morgan fingerprint density at radius 3 is 2.59 bits per heavy atom. The molecule has 0 amide bonds. The molecule has 0 N–H and O–H groups in total. The first-order valence-corrected chi connectivity index (χ1v) is 8.94. The summed E-state index contributed by atoms with van der Waals surface area (Å²) in [6.45, 7) is 4.33. The van der Waals surface area contributed by atoms with E-state index in [1.165, 1.54) is 10.4 Å². The fourth-order valence-corrected chi connectivity index (χ4v) is 4.32. The lowest BCUT2D eigenvalue weighted by Crippen LogP contribution is -2.38. The van der Waals surface area contributed by atoms with Crippen molar-refractivity contribution in [3.8, 4) is 6.07 Å². The molecule has 1 aromatic rings. The summed E-state index contributed by atoms with van der Waals surface area (Å²) in [4.78, 5) is 2.51. The molecule has 1 aliphatic heterocycles. The normalized spacial score (nSPS) is 17.6. The highest BCUT2D eigenvalue weighted by atomic mass is 32.2. The van der Waals surface area contributed by atoms with E-state index >= 15 is 0 Å². The summed E-state index contributed by atoms with van der Waals surface area (Å²) >= 11 is 0. The molecule has 22 heavy (non-hydrogen) atoms. The minimum Gasteiger partial charge on any atom is -0.306 e. The highest BCUT2D eigenvalue weighted by molar-refractivity contribution is 7.89. The molecule has 0 radical (unpaired) electrons. The number of piperidine rings is 1. The Morgan fingerprint density at radius 1 is 1.36 bits per heavy atom. The monoisotopic (exact) mass is 321 g/mol.